The minimum Gasteiger partial charge on any atom is -0.493 e. The number of hydrogen-bond donors (Lipinski definition) is 1. The maximum Gasteiger partial charge on any atom is 0.203 e. The minimum absolute atomic E-state index is 0.110. The van der Waals surface area contributed by atoms with Gasteiger partial charge in [-0.05, 0) is 26.0 Å². The van der Waals surface area contributed by atoms with Gasteiger partial charge in [0.1, 0.15) is 0 Å². The lowest BCUT2D eigenvalue weighted by Crippen LogP contribution is -2.09. The van der Waals surface area contributed by atoms with E-state index in [9.17, 15) is 0 Å². The molecule has 0 saturated heterocycles. The van der Waals surface area contributed by atoms with Crippen LogP contribution in [0.15, 0.2) is 12.1 Å². The first-order valence-corrected chi connectivity index (χ1v) is 5.28. The molecule has 0 aliphatic heterocycles. The highest BCUT2D eigenvalue weighted by atomic mass is 16.5. The van der Waals surface area contributed by atoms with Crippen molar-refractivity contribution in [1.82, 2.24) is 0 Å². The zero-order valence-corrected chi connectivity index (χ0v) is 10.2. The van der Waals surface area contributed by atoms with Gasteiger partial charge in [-0.25, -0.2) is 0 Å². The Morgan fingerprint density at radius 3 is 2.31 bits per heavy atom. The lowest BCUT2D eigenvalue weighted by Gasteiger charge is -2.18. The molecule has 1 rings (SSSR count). The summed E-state index contributed by atoms with van der Waals surface area (Å²) < 4.78 is 16.1. The molecular formula is C12H19NO3. The van der Waals surface area contributed by atoms with Crippen LogP contribution in [0.4, 0.5) is 0 Å². The van der Waals surface area contributed by atoms with E-state index in [-0.39, 0.29) is 6.04 Å². The number of methoxy groups -OCH3 is 2. The zero-order chi connectivity index (χ0) is 12.1. The maximum atomic E-state index is 5.88. The van der Waals surface area contributed by atoms with Crippen LogP contribution in [-0.2, 0) is 0 Å². The topological polar surface area (TPSA) is 53.7 Å². The van der Waals surface area contributed by atoms with Gasteiger partial charge in [0.2, 0.25) is 5.75 Å². The fraction of sp³-hybridized carbons (Fsp3) is 0.500. The van der Waals surface area contributed by atoms with E-state index in [4.69, 9.17) is 19.9 Å². The zero-order valence-electron chi connectivity index (χ0n) is 10.2. The molecule has 16 heavy (non-hydrogen) atoms. The summed E-state index contributed by atoms with van der Waals surface area (Å²) in [5, 5.41) is 0. The van der Waals surface area contributed by atoms with Gasteiger partial charge in [0.05, 0.1) is 20.8 Å². The molecule has 1 unspecified atom stereocenters. The predicted octanol–water partition coefficient (Wildman–Crippen LogP) is 2.12. The molecule has 0 heterocycles. The third-order valence-electron chi connectivity index (χ3n) is 2.31. The lowest BCUT2D eigenvalue weighted by atomic mass is 10.1. The van der Waals surface area contributed by atoms with Crippen molar-refractivity contribution in [3.8, 4) is 17.2 Å². The maximum absolute atomic E-state index is 5.88. The molecule has 0 amide bonds. The van der Waals surface area contributed by atoms with E-state index < -0.39 is 0 Å². The van der Waals surface area contributed by atoms with Gasteiger partial charge >= 0.3 is 0 Å². The summed E-state index contributed by atoms with van der Waals surface area (Å²) in [7, 11) is 3.18. The summed E-state index contributed by atoms with van der Waals surface area (Å²) in [5.41, 5.74) is 6.80. The van der Waals surface area contributed by atoms with Gasteiger partial charge in [-0.2, -0.15) is 0 Å². The van der Waals surface area contributed by atoms with Crippen molar-refractivity contribution in [2.75, 3.05) is 20.8 Å². The molecule has 0 spiro atoms. The van der Waals surface area contributed by atoms with Gasteiger partial charge in [0, 0.05) is 11.6 Å². The van der Waals surface area contributed by atoms with Crippen molar-refractivity contribution >= 4 is 0 Å². The number of nitrogens with two attached hydrogens (primary N) is 1. The second-order valence-corrected chi connectivity index (χ2v) is 3.44. The van der Waals surface area contributed by atoms with Crippen molar-refractivity contribution in [1.29, 1.82) is 0 Å². The van der Waals surface area contributed by atoms with Gasteiger partial charge in [-0.3, -0.25) is 0 Å². The second kappa shape index (κ2) is 5.61. The van der Waals surface area contributed by atoms with Gasteiger partial charge in [0.25, 0.3) is 0 Å². The Morgan fingerprint density at radius 2 is 1.88 bits per heavy atom. The summed E-state index contributed by atoms with van der Waals surface area (Å²) in [5.74, 6) is 1.91. The predicted molar refractivity (Wildman–Crippen MR) is 63.3 cm³/mol. The Labute approximate surface area is 96.3 Å². The molecule has 0 fully saturated rings. The molecule has 1 atom stereocenters. The Kier molecular flexibility index (Phi) is 4.43. The van der Waals surface area contributed by atoms with Crippen LogP contribution < -0.4 is 19.9 Å². The highest BCUT2D eigenvalue weighted by Gasteiger charge is 2.18. The first kappa shape index (κ1) is 12.6. The van der Waals surface area contributed by atoms with Crippen LogP contribution in [0.25, 0.3) is 0 Å². The van der Waals surface area contributed by atoms with Crippen LogP contribution in [0, 0.1) is 0 Å². The van der Waals surface area contributed by atoms with Gasteiger partial charge in [0.15, 0.2) is 11.5 Å². The van der Waals surface area contributed by atoms with Crippen LogP contribution in [-0.4, -0.2) is 20.8 Å². The molecule has 0 aliphatic carbocycles. The molecule has 0 radical (unpaired) electrons. The van der Waals surface area contributed by atoms with Crippen LogP contribution >= 0.6 is 0 Å². The molecule has 1 aromatic carbocycles. The summed E-state index contributed by atoms with van der Waals surface area (Å²) in [6, 6.07) is 3.62. The van der Waals surface area contributed by atoms with E-state index in [1.807, 2.05) is 26.0 Å². The van der Waals surface area contributed by atoms with E-state index >= 15 is 0 Å². The molecule has 0 aliphatic rings. The van der Waals surface area contributed by atoms with Crippen LogP contribution in [0.2, 0.25) is 0 Å². The van der Waals surface area contributed by atoms with E-state index in [1.54, 1.807) is 14.2 Å². The summed E-state index contributed by atoms with van der Waals surface area (Å²) in [6.07, 6.45) is 0. The number of rotatable bonds is 5. The highest BCUT2D eigenvalue weighted by molar-refractivity contribution is 5.56. The number of ether oxygens (including phenoxy) is 3. The molecule has 90 valence electrons. The SMILES string of the molecule is CCOc1c(C(C)N)ccc(OC)c1OC. The second-order valence-electron chi connectivity index (χ2n) is 3.44. The van der Waals surface area contributed by atoms with Crippen LogP contribution in [0.1, 0.15) is 25.5 Å². The first-order valence-electron chi connectivity index (χ1n) is 5.28. The standard InChI is InChI=1S/C12H19NO3/c1-5-16-11-9(8(2)13)6-7-10(14-3)12(11)15-4/h6-8H,5,13H2,1-4H3. The highest BCUT2D eigenvalue weighted by Crippen LogP contribution is 2.41. The van der Waals surface area contributed by atoms with Crippen molar-refractivity contribution in [2.24, 2.45) is 5.73 Å². The number of benzene rings is 1. The average molecular weight is 225 g/mol. The smallest absolute Gasteiger partial charge is 0.203 e. The third kappa shape index (κ3) is 2.39. The average Bonchev–Trinajstić information content (AvgIpc) is 2.28. The van der Waals surface area contributed by atoms with E-state index in [0.29, 0.717) is 23.9 Å². The Bertz CT molecular complexity index is 350. The van der Waals surface area contributed by atoms with Crippen molar-refractivity contribution in [2.45, 2.75) is 19.9 Å². The van der Waals surface area contributed by atoms with Crippen molar-refractivity contribution in [3.05, 3.63) is 17.7 Å². The van der Waals surface area contributed by atoms with Crippen LogP contribution in [0.3, 0.4) is 0 Å². The Morgan fingerprint density at radius 1 is 1.19 bits per heavy atom. The monoisotopic (exact) mass is 225 g/mol. The summed E-state index contributed by atoms with van der Waals surface area (Å²) >= 11 is 0. The Hall–Kier alpha value is -1.42. The van der Waals surface area contributed by atoms with Gasteiger partial charge < -0.3 is 19.9 Å². The normalized spacial score (nSPS) is 12.1. The quantitative estimate of drug-likeness (QED) is 0.834. The van der Waals surface area contributed by atoms with E-state index in [0.717, 1.165) is 5.56 Å². The van der Waals surface area contributed by atoms with Crippen LogP contribution in [0.5, 0.6) is 17.2 Å². The van der Waals surface area contributed by atoms with E-state index in [2.05, 4.69) is 0 Å². The van der Waals surface area contributed by atoms with Gasteiger partial charge in [-0.15, -0.1) is 0 Å². The fourth-order valence-electron chi connectivity index (χ4n) is 1.57. The molecule has 0 bridgehead atoms. The molecule has 4 nitrogen and oxygen atoms in total. The molecular weight excluding hydrogens is 206 g/mol. The molecule has 1 aromatic rings. The summed E-state index contributed by atoms with van der Waals surface area (Å²) in [4.78, 5) is 0. The fourth-order valence-corrected chi connectivity index (χ4v) is 1.57. The van der Waals surface area contributed by atoms with Crippen molar-refractivity contribution in [3.63, 3.8) is 0 Å². The lowest BCUT2D eigenvalue weighted by molar-refractivity contribution is 0.292. The van der Waals surface area contributed by atoms with Crippen molar-refractivity contribution < 1.29 is 14.2 Å². The molecule has 2 N–H and O–H groups in total. The largest absolute Gasteiger partial charge is 0.493 e. The minimum atomic E-state index is -0.110. The molecule has 0 aromatic heterocycles. The van der Waals surface area contributed by atoms with E-state index in [1.165, 1.54) is 0 Å². The number of hydrogen-bond acceptors (Lipinski definition) is 4. The molecule has 4 heteroatoms. The first-order chi connectivity index (χ1) is 7.65. The Balaban J connectivity index is 3.31. The molecule has 0 saturated carbocycles. The summed E-state index contributed by atoms with van der Waals surface area (Å²) in [6.45, 7) is 4.39. The van der Waals surface area contributed by atoms with Gasteiger partial charge in [-0.1, -0.05) is 0 Å². The third-order valence-corrected chi connectivity index (χ3v) is 2.31.